The van der Waals surface area contributed by atoms with E-state index in [1.54, 1.807) is 0 Å². The number of hydrogen-bond donors (Lipinski definition) is 2. The zero-order valence-electron chi connectivity index (χ0n) is 14.5. The Morgan fingerprint density at radius 1 is 1.24 bits per heavy atom. The van der Waals surface area contributed by atoms with Gasteiger partial charge in [-0.05, 0) is 56.0 Å². The zero-order chi connectivity index (χ0) is 16.9. The number of carbonyl (C=O) groups is 2. The summed E-state index contributed by atoms with van der Waals surface area (Å²) in [6.45, 7) is 4.81. The molecule has 1 aromatic rings. The van der Waals surface area contributed by atoms with Crippen molar-refractivity contribution in [2.24, 2.45) is 5.92 Å². The van der Waals surface area contributed by atoms with E-state index in [1.165, 1.54) is 12.8 Å². The van der Waals surface area contributed by atoms with E-state index in [4.69, 9.17) is 0 Å². The Balaban J connectivity index is 0.00000225. The van der Waals surface area contributed by atoms with Crippen molar-refractivity contribution in [2.45, 2.75) is 19.8 Å². The average molecular weight is 384 g/mol. The van der Waals surface area contributed by atoms with Gasteiger partial charge < -0.3 is 15.5 Å². The lowest BCUT2D eigenvalue weighted by Gasteiger charge is -2.26. The van der Waals surface area contributed by atoms with Gasteiger partial charge in [0.15, 0.2) is 0 Å². The Bertz CT molecular complexity index is 616. The van der Waals surface area contributed by atoms with Crippen LogP contribution in [0.5, 0.6) is 0 Å². The SMILES string of the molecule is Cc1cc(C(=O)N2CCSCC2)ccc1NC(=O)CNCC1CC1.Cl. The lowest BCUT2D eigenvalue weighted by Crippen LogP contribution is -2.37. The first-order valence-electron chi connectivity index (χ1n) is 8.62. The van der Waals surface area contributed by atoms with Crippen molar-refractivity contribution < 1.29 is 9.59 Å². The van der Waals surface area contributed by atoms with Crippen LogP contribution in [-0.4, -0.2) is 54.4 Å². The number of amides is 2. The predicted octanol–water partition coefficient (Wildman–Crippen LogP) is 2.54. The summed E-state index contributed by atoms with van der Waals surface area (Å²) < 4.78 is 0. The Morgan fingerprint density at radius 3 is 2.60 bits per heavy atom. The normalized spacial score (nSPS) is 16.9. The van der Waals surface area contributed by atoms with Crippen molar-refractivity contribution in [3.63, 3.8) is 0 Å². The van der Waals surface area contributed by atoms with Crippen LogP contribution in [0.1, 0.15) is 28.8 Å². The predicted molar refractivity (Wildman–Crippen MR) is 106 cm³/mol. The molecule has 1 aromatic carbocycles. The number of hydrogen-bond acceptors (Lipinski definition) is 4. The first-order chi connectivity index (χ1) is 11.6. The maximum atomic E-state index is 12.5. The quantitative estimate of drug-likeness (QED) is 0.792. The van der Waals surface area contributed by atoms with E-state index < -0.39 is 0 Å². The summed E-state index contributed by atoms with van der Waals surface area (Å²) in [5.74, 6) is 2.82. The molecule has 7 heteroatoms. The zero-order valence-corrected chi connectivity index (χ0v) is 16.2. The number of aryl methyl sites for hydroxylation is 1. The van der Waals surface area contributed by atoms with Crippen molar-refractivity contribution in [1.29, 1.82) is 0 Å². The number of thioether (sulfide) groups is 1. The first-order valence-corrected chi connectivity index (χ1v) is 9.77. The maximum absolute atomic E-state index is 12.5. The molecule has 5 nitrogen and oxygen atoms in total. The number of rotatable bonds is 6. The molecule has 0 bridgehead atoms. The van der Waals surface area contributed by atoms with Gasteiger partial charge in [0.05, 0.1) is 6.54 Å². The van der Waals surface area contributed by atoms with E-state index in [0.717, 1.165) is 48.3 Å². The molecule has 0 aromatic heterocycles. The number of benzene rings is 1. The highest BCUT2D eigenvalue weighted by molar-refractivity contribution is 7.99. The third-order valence-electron chi connectivity index (χ3n) is 4.46. The molecule has 1 aliphatic carbocycles. The fourth-order valence-corrected chi connectivity index (χ4v) is 3.70. The second kappa shape index (κ2) is 9.46. The standard InChI is InChI=1S/C18H25N3O2S.ClH/c1-13-10-15(18(23)21-6-8-24-9-7-21)4-5-16(13)20-17(22)12-19-11-14-2-3-14;/h4-5,10,14,19H,2-3,6-9,11-12H2,1H3,(H,20,22);1H. The Labute approximate surface area is 159 Å². The van der Waals surface area contributed by atoms with Gasteiger partial charge in [0.2, 0.25) is 5.91 Å². The molecule has 2 amide bonds. The van der Waals surface area contributed by atoms with Gasteiger partial charge in [-0.2, -0.15) is 11.8 Å². The van der Waals surface area contributed by atoms with Crippen molar-refractivity contribution in [3.05, 3.63) is 29.3 Å². The van der Waals surface area contributed by atoms with Crippen molar-refractivity contribution in [1.82, 2.24) is 10.2 Å². The summed E-state index contributed by atoms with van der Waals surface area (Å²) in [6.07, 6.45) is 2.55. The third-order valence-corrected chi connectivity index (χ3v) is 5.40. The van der Waals surface area contributed by atoms with Crippen molar-refractivity contribution in [2.75, 3.05) is 43.0 Å². The summed E-state index contributed by atoms with van der Waals surface area (Å²) in [4.78, 5) is 26.4. The minimum absolute atomic E-state index is 0. The number of nitrogens with zero attached hydrogens (tertiary/aromatic N) is 1. The second-order valence-electron chi connectivity index (χ2n) is 6.56. The molecule has 0 spiro atoms. The second-order valence-corrected chi connectivity index (χ2v) is 7.78. The molecule has 2 aliphatic rings. The van der Waals surface area contributed by atoms with Crippen LogP contribution in [0.25, 0.3) is 0 Å². The van der Waals surface area contributed by atoms with E-state index in [9.17, 15) is 9.59 Å². The highest BCUT2D eigenvalue weighted by Crippen LogP contribution is 2.27. The highest BCUT2D eigenvalue weighted by atomic mass is 35.5. The molecule has 2 fully saturated rings. The van der Waals surface area contributed by atoms with Gasteiger partial charge in [0, 0.05) is 35.8 Å². The van der Waals surface area contributed by atoms with E-state index in [2.05, 4.69) is 10.6 Å². The summed E-state index contributed by atoms with van der Waals surface area (Å²) >= 11 is 1.89. The van der Waals surface area contributed by atoms with Crippen LogP contribution in [0.2, 0.25) is 0 Å². The fraction of sp³-hybridized carbons (Fsp3) is 0.556. The van der Waals surface area contributed by atoms with E-state index in [1.807, 2.05) is 41.8 Å². The lowest BCUT2D eigenvalue weighted by molar-refractivity contribution is -0.115. The molecule has 138 valence electrons. The van der Waals surface area contributed by atoms with Crippen LogP contribution < -0.4 is 10.6 Å². The van der Waals surface area contributed by atoms with Gasteiger partial charge in [-0.25, -0.2) is 0 Å². The highest BCUT2D eigenvalue weighted by Gasteiger charge is 2.21. The Morgan fingerprint density at radius 2 is 1.96 bits per heavy atom. The smallest absolute Gasteiger partial charge is 0.253 e. The largest absolute Gasteiger partial charge is 0.337 e. The number of nitrogens with one attached hydrogen (secondary N) is 2. The molecule has 0 unspecified atom stereocenters. The van der Waals surface area contributed by atoms with Gasteiger partial charge in [-0.3, -0.25) is 9.59 Å². The van der Waals surface area contributed by atoms with Crippen LogP contribution in [0.4, 0.5) is 5.69 Å². The van der Waals surface area contributed by atoms with Crippen LogP contribution in [0.15, 0.2) is 18.2 Å². The van der Waals surface area contributed by atoms with Crippen molar-refractivity contribution in [3.8, 4) is 0 Å². The van der Waals surface area contributed by atoms with Crippen LogP contribution >= 0.6 is 24.2 Å². The molecule has 2 N–H and O–H groups in total. The molecule has 25 heavy (non-hydrogen) atoms. The summed E-state index contributed by atoms with van der Waals surface area (Å²) in [5, 5.41) is 6.10. The molecular weight excluding hydrogens is 358 g/mol. The number of halogens is 1. The molecule has 1 saturated carbocycles. The summed E-state index contributed by atoms with van der Waals surface area (Å²) in [7, 11) is 0. The van der Waals surface area contributed by atoms with Gasteiger partial charge in [-0.1, -0.05) is 0 Å². The first kappa shape index (κ1) is 20.1. The number of anilines is 1. The van der Waals surface area contributed by atoms with E-state index in [-0.39, 0.29) is 24.2 Å². The summed E-state index contributed by atoms with van der Waals surface area (Å²) in [5.41, 5.74) is 2.39. The fourth-order valence-electron chi connectivity index (χ4n) is 2.79. The monoisotopic (exact) mass is 383 g/mol. The average Bonchev–Trinajstić information content (AvgIpc) is 3.41. The molecule has 1 saturated heterocycles. The third kappa shape index (κ3) is 5.90. The molecular formula is C18H26ClN3O2S. The van der Waals surface area contributed by atoms with Crippen LogP contribution in [0, 0.1) is 12.8 Å². The molecule has 1 aliphatic heterocycles. The Hall–Kier alpha value is -1.24. The minimum Gasteiger partial charge on any atom is -0.337 e. The lowest BCUT2D eigenvalue weighted by atomic mass is 10.1. The van der Waals surface area contributed by atoms with Gasteiger partial charge >= 0.3 is 0 Å². The number of carbonyl (C=O) groups excluding carboxylic acids is 2. The molecule has 3 rings (SSSR count). The molecule has 0 radical (unpaired) electrons. The van der Waals surface area contributed by atoms with Crippen LogP contribution in [0.3, 0.4) is 0 Å². The minimum atomic E-state index is -0.0362. The molecule has 1 heterocycles. The van der Waals surface area contributed by atoms with E-state index in [0.29, 0.717) is 12.1 Å². The van der Waals surface area contributed by atoms with Gasteiger partial charge in [0.1, 0.15) is 0 Å². The maximum Gasteiger partial charge on any atom is 0.253 e. The van der Waals surface area contributed by atoms with Crippen LogP contribution in [-0.2, 0) is 4.79 Å². The van der Waals surface area contributed by atoms with Gasteiger partial charge in [-0.15, -0.1) is 12.4 Å². The topological polar surface area (TPSA) is 61.4 Å². The Kier molecular flexibility index (Phi) is 7.59. The van der Waals surface area contributed by atoms with Crippen molar-refractivity contribution >= 4 is 41.7 Å². The van der Waals surface area contributed by atoms with E-state index >= 15 is 0 Å². The molecule has 0 atom stereocenters. The van der Waals surface area contributed by atoms with Gasteiger partial charge in [0.25, 0.3) is 5.91 Å². The summed E-state index contributed by atoms with van der Waals surface area (Å²) in [6, 6.07) is 5.52.